The Bertz CT molecular complexity index is 987. The summed E-state index contributed by atoms with van der Waals surface area (Å²) < 4.78 is 0. The van der Waals surface area contributed by atoms with Crippen LogP contribution in [0.25, 0.3) is 11.5 Å². The Labute approximate surface area is 151 Å². The van der Waals surface area contributed by atoms with Crippen LogP contribution in [-0.2, 0) is 0 Å². The zero-order valence-corrected chi connectivity index (χ0v) is 13.8. The smallest absolute Gasteiger partial charge is 0.298 e. The number of nitro benzene ring substituents is 1. The Morgan fingerprint density at radius 2 is 1.81 bits per heavy atom. The number of anilines is 2. The van der Waals surface area contributed by atoms with E-state index in [1.807, 2.05) is 0 Å². The van der Waals surface area contributed by atoms with Gasteiger partial charge in [0.15, 0.2) is 28.8 Å². The second kappa shape index (κ2) is 7.07. The topological polar surface area (TPSA) is 159 Å². The van der Waals surface area contributed by atoms with Crippen molar-refractivity contribution in [1.82, 2.24) is 15.0 Å². The second-order valence-electron chi connectivity index (χ2n) is 4.97. The van der Waals surface area contributed by atoms with Gasteiger partial charge in [-0.2, -0.15) is 0 Å². The Hall–Kier alpha value is -3.66. The summed E-state index contributed by atoms with van der Waals surface area (Å²) in [5, 5.41) is 19.0. The van der Waals surface area contributed by atoms with Crippen LogP contribution in [0, 0.1) is 10.1 Å². The summed E-state index contributed by atoms with van der Waals surface area (Å²) in [6, 6.07) is 9.20. The Balaban J connectivity index is 1.99. The predicted octanol–water partition coefficient (Wildman–Crippen LogP) is 3.68. The molecule has 0 atom stereocenters. The zero-order valence-electron chi connectivity index (χ0n) is 13.1. The van der Waals surface area contributed by atoms with Gasteiger partial charge in [-0.3, -0.25) is 15.1 Å². The Morgan fingerprint density at radius 3 is 2.42 bits per heavy atom. The number of aromatic nitrogens is 3. The molecule has 3 aromatic rings. The fourth-order valence-corrected chi connectivity index (χ4v) is 2.20. The largest absolute Gasteiger partial charge is 0.382 e. The van der Waals surface area contributed by atoms with Gasteiger partial charge >= 0.3 is 0 Å². The maximum absolute atomic E-state index is 11.1. The van der Waals surface area contributed by atoms with Crippen molar-refractivity contribution in [2.45, 2.75) is 0 Å². The Kier molecular flexibility index (Phi) is 4.67. The summed E-state index contributed by atoms with van der Waals surface area (Å²) in [4.78, 5) is 22.8. The number of nitro groups is 1. The maximum atomic E-state index is 11.1. The molecule has 0 radical (unpaired) electrons. The van der Waals surface area contributed by atoms with Gasteiger partial charge in [0.1, 0.15) is 5.69 Å². The molecule has 0 aliphatic rings. The van der Waals surface area contributed by atoms with E-state index in [4.69, 9.17) is 23.1 Å². The molecule has 0 aliphatic carbocycles. The fourth-order valence-electron chi connectivity index (χ4n) is 2.03. The highest BCUT2D eigenvalue weighted by Gasteiger charge is 2.16. The average molecular weight is 371 g/mol. The highest BCUT2D eigenvalue weighted by molar-refractivity contribution is 6.30. The van der Waals surface area contributed by atoms with Gasteiger partial charge in [0.05, 0.1) is 4.92 Å². The van der Waals surface area contributed by atoms with Crippen LogP contribution in [0.2, 0.25) is 5.02 Å². The van der Waals surface area contributed by atoms with E-state index < -0.39 is 4.92 Å². The van der Waals surface area contributed by atoms with E-state index in [1.54, 1.807) is 24.4 Å². The van der Waals surface area contributed by atoms with E-state index in [0.29, 0.717) is 5.69 Å². The van der Waals surface area contributed by atoms with Gasteiger partial charge in [-0.25, -0.2) is 9.97 Å². The zero-order chi connectivity index (χ0) is 18.7. The first-order valence-corrected chi connectivity index (χ1v) is 7.53. The van der Waals surface area contributed by atoms with Crippen molar-refractivity contribution in [3.05, 3.63) is 57.7 Å². The minimum Gasteiger partial charge on any atom is -0.382 e. The molecule has 0 bridgehead atoms. The lowest BCUT2D eigenvalue weighted by atomic mass is 10.3. The van der Waals surface area contributed by atoms with E-state index in [9.17, 15) is 10.1 Å². The molecule has 26 heavy (non-hydrogen) atoms. The van der Waals surface area contributed by atoms with Gasteiger partial charge in [-0.15, -0.1) is 10.2 Å². The number of rotatable bonds is 4. The summed E-state index contributed by atoms with van der Waals surface area (Å²) in [7, 11) is 0. The number of pyridine rings is 1. The first kappa shape index (κ1) is 17.2. The van der Waals surface area contributed by atoms with Crippen molar-refractivity contribution < 1.29 is 4.92 Å². The molecule has 0 aliphatic heterocycles. The summed E-state index contributed by atoms with van der Waals surface area (Å²) in [5.41, 5.74) is 11.9. The SMILES string of the molecule is Nc1nc(-c2ccccn2)nc(N)c1N=Nc1ccc(Cl)cc1[N+](=O)[O-]. The highest BCUT2D eigenvalue weighted by Crippen LogP contribution is 2.34. The van der Waals surface area contributed by atoms with Crippen LogP contribution in [0.15, 0.2) is 52.8 Å². The number of nitrogens with two attached hydrogens (primary N) is 2. The molecule has 11 heteroatoms. The van der Waals surface area contributed by atoms with Crippen molar-refractivity contribution in [2.75, 3.05) is 11.5 Å². The van der Waals surface area contributed by atoms with E-state index in [-0.39, 0.29) is 39.5 Å². The van der Waals surface area contributed by atoms with Crippen LogP contribution in [0.3, 0.4) is 0 Å². The van der Waals surface area contributed by atoms with Crippen LogP contribution in [0.5, 0.6) is 0 Å². The standard InChI is InChI=1S/C15H11ClN8O2/c16-8-4-5-9(11(7-8)24(25)26)22-23-12-13(17)20-15(21-14(12)18)10-3-1-2-6-19-10/h1-7H,(H4,17,18,20,21). The number of benzene rings is 1. The van der Waals surface area contributed by atoms with Gasteiger partial charge < -0.3 is 11.5 Å². The van der Waals surface area contributed by atoms with Crippen LogP contribution in [-0.4, -0.2) is 19.9 Å². The van der Waals surface area contributed by atoms with Crippen molar-refractivity contribution in [3.63, 3.8) is 0 Å². The minimum atomic E-state index is -0.617. The van der Waals surface area contributed by atoms with Crippen molar-refractivity contribution in [1.29, 1.82) is 0 Å². The lowest BCUT2D eigenvalue weighted by molar-refractivity contribution is -0.384. The second-order valence-corrected chi connectivity index (χ2v) is 5.41. The monoisotopic (exact) mass is 370 g/mol. The Morgan fingerprint density at radius 1 is 1.08 bits per heavy atom. The van der Waals surface area contributed by atoms with E-state index in [0.717, 1.165) is 0 Å². The van der Waals surface area contributed by atoms with Crippen LogP contribution >= 0.6 is 11.6 Å². The third-order valence-corrected chi connectivity index (χ3v) is 3.46. The summed E-state index contributed by atoms with van der Waals surface area (Å²) >= 11 is 5.76. The average Bonchev–Trinajstić information content (AvgIpc) is 2.62. The number of azo groups is 1. The third-order valence-electron chi connectivity index (χ3n) is 3.22. The molecule has 2 heterocycles. The van der Waals surface area contributed by atoms with E-state index in [2.05, 4.69) is 25.2 Å². The minimum absolute atomic E-state index is 0.00741. The molecule has 130 valence electrons. The normalized spacial score (nSPS) is 11.0. The van der Waals surface area contributed by atoms with Crippen LogP contribution in [0.1, 0.15) is 0 Å². The van der Waals surface area contributed by atoms with Gasteiger partial charge in [0, 0.05) is 17.3 Å². The lowest BCUT2D eigenvalue weighted by Crippen LogP contribution is -2.02. The molecular formula is C15H11ClN8O2. The highest BCUT2D eigenvalue weighted by atomic mass is 35.5. The molecule has 4 N–H and O–H groups in total. The van der Waals surface area contributed by atoms with E-state index in [1.165, 1.54) is 18.2 Å². The summed E-state index contributed by atoms with van der Waals surface area (Å²) in [6.07, 6.45) is 1.58. The number of nitrogen functional groups attached to an aromatic ring is 2. The molecule has 2 aromatic heterocycles. The molecule has 0 spiro atoms. The molecule has 1 aromatic carbocycles. The van der Waals surface area contributed by atoms with Gasteiger partial charge in [0.2, 0.25) is 0 Å². The molecule has 10 nitrogen and oxygen atoms in total. The first-order valence-electron chi connectivity index (χ1n) is 7.16. The lowest BCUT2D eigenvalue weighted by Gasteiger charge is -2.05. The van der Waals surface area contributed by atoms with Crippen LogP contribution in [0.4, 0.5) is 28.7 Å². The summed E-state index contributed by atoms with van der Waals surface area (Å²) in [6.45, 7) is 0. The van der Waals surface area contributed by atoms with Crippen molar-refractivity contribution in [2.24, 2.45) is 10.2 Å². The molecule has 0 saturated heterocycles. The summed E-state index contributed by atoms with van der Waals surface area (Å²) in [5.74, 6) is 0.175. The van der Waals surface area contributed by atoms with Gasteiger partial charge in [-0.05, 0) is 24.3 Å². The van der Waals surface area contributed by atoms with Crippen molar-refractivity contribution >= 4 is 40.3 Å². The van der Waals surface area contributed by atoms with E-state index >= 15 is 0 Å². The number of hydrogen-bond acceptors (Lipinski definition) is 9. The molecule has 0 fully saturated rings. The quantitative estimate of drug-likeness (QED) is 0.402. The number of halogens is 1. The first-order chi connectivity index (χ1) is 12.5. The molecule has 0 saturated carbocycles. The predicted molar refractivity (Wildman–Crippen MR) is 96.4 cm³/mol. The molecule has 0 unspecified atom stereocenters. The number of hydrogen-bond donors (Lipinski definition) is 2. The molecular weight excluding hydrogens is 360 g/mol. The fraction of sp³-hybridized carbons (Fsp3) is 0. The molecule has 0 amide bonds. The van der Waals surface area contributed by atoms with Crippen molar-refractivity contribution in [3.8, 4) is 11.5 Å². The maximum Gasteiger partial charge on any atom is 0.298 e. The van der Waals surface area contributed by atoms with Crippen LogP contribution < -0.4 is 11.5 Å². The molecule has 3 rings (SSSR count). The third kappa shape index (κ3) is 3.54. The van der Waals surface area contributed by atoms with Gasteiger partial charge in [0.25, 0.3) is 5.69 Å². The number of nitrogens with zero attached hydrogens (tertiary/aromatic N) is 6. The van der Waals surface area contributed by atoms with Gasteiger partial charge in [-0.1, -0.05) is 17.7 Å².